The van der Waals surface area contributed by atoms with Gasteiger partial charge in [0, 0.05) is 25.2 Å². The number of sulfonamides is 1. The summed E-state index contributed by atoms with van der Waals surface area (Å²) in [5.41, 5.74) is 0.494. The SMILES string of the molecule is O=C(c1ccc(F)cc1)N1CCC(CCNS(=O)(=O)c2cccs2)CC1. The minimum Gasteiger partial charge on any atom is -0.339 e. The minimum atomic E-state index is -3.41. The lowest BCUT2D eigenvalue weighted by Crippen LogP contribution is -2.39. The van der Waals surface area contributed by atoms with E-state index >= 15 is 0 Å². The van der Waals surface area contributed by atoms with Gasteiger partial charge < -0.3 is 4.90 Å². The molecule has 1 aliphatic heterocycles. The summed E-state index contributed by atoms with van der Waals surface area (Å²) in [5.74, 6) is -0.0505. The predicted octanol–water partition coefficient (Wildman–Crippen LogP) is 3.11. The predicted molar refractivity (Wildman–Crippen MR) is 99.2 cm³/mol. The van der Waals surface area contributed by atoms with Crippen molar-refractivity contribution in [2.24, 2.45) is 5.92 Å². The molecule has 0 radical (unpaired) electrons. The van der Waals surface area contributed by atoms with E-state index < -0.39 is 10.0 Å². The number of carbonyl (C=O) groups excluding carboxylic acids is 1. The Morgan fingerprint density at radius 1 is 1.19 bits per heavy atom. The number of carbonyl (C=O) groups is 1. The van der Waals surface area contributed by atoms with Gasteiger partial charge in [-0.25, -0.2) is 17.5 Å². The average Bonchev–Trinajstić information content (AvgIpc) is 3.18. The summed E-state index contributed by atoms with van der Waals surface area (Å²) in [7, 11) is -3.41. The van der Waals surface area contributed by atoms with Crippen molar-refractivity contribution in [2.75, 3.05) is 19.6 Å². The molecular weight excluding hydrogens is 375 g/mol. The fourth-order valence-electron chi connectivity index (χ4n) is 3.08. The number of hydrogen-bond acceptors (Lipinski definition) is 4. The lowest BCUT2D eigenvalue weighted by atomic mass is 9.93. The summed E-state index contributed by atoms with van der Waals surface area (Å²) >= 11 is 1.20. The molecule has 1 aromatic carbocycles. The van der Waals surface area contributed by atoms with Crippen LogP contribution in [0.3, 0.4) is 0 Å². The summed E-state index contributed by atoms with van der Waals surface area (Å²) < 4.78 is 40.1. The zero-order valence-corrected chi connectivity index (χ0v) is 15.9. The van der Waals surface area contributed by atoms with E-state index in [1.165, 1.54) is 35.6 Å². The quantitative estimate of drug-likeness (QED) is 0.816. The molecule has 1 amide bonds. The summed E-state index contributed by atoms with van der Waals surface area (Å²) in [6, 6.07) is 8.89. The Hall–Kier alpha value is -1.77. The summed E-state index contributed by atoms with van der Waals surface area (Å²) in [6.07, 6.45) is 2.44. The Bertz CT molecular complexity index is 828. The van der Waals surface area contributed by atoms with Gasteiger partial charge in [0.25, 0.3) is 5.91 Å². The maximum absolute atomic E-state index is 13.0. The number of likely N-dealkylation sites (tertiary alicyclic amines) is 1. The van der Waals surface area contributed by atoms with E-state index in [1.54, 1.807) is 22.4 Å². The van der Waals surface area contributed by atoms with Crippen LogP contribution in [0.25, 0.3) is 0 Å². The molecule has 0 bridgehead atoms. The van der Waals surface area contributed by atoms with E-state index in [4.69, 9.17) is 0 Å². The second-order valence-electron chi connectivity index (χ2n) is 6.36. The largest absolute Gasteiger partial charge is 0.339 e. The minimum absolute atomic E-state index is 0.0816. The highest BCUT2D eigenvalue weighted by Crippen LogP contribution is 2.22. The maximum atomic E-state index is 13.0. The Balaban J connectivity index is 1.44. The molecule has 2 heterocycles. The molecule has 140 valence electrons. The summed E-state index contributed by atoms with van der Waals surface area (Å²) in [5, 5.41) is 1.74. The van der Waals surface area contributed by atoms with Gasteiger partial charge in [0.15, 0.2) is 0 Å². The van der Waals surface area contributed by atoms with E-state index in [9.17, 15) is 17.6 Å². The van der Waals surface area contributed by atoms with Crippen LogP contribution in [0.2, 0.25) is 0 Å². The van der Waals surface area contributed by atoms with Crippen LogP contribution in [-0.2, 0) is 10.0 Å². The molecule has 1 aliphatic rings. The zero-order chi connectivity index (χ0) is 18.6. The average molecular weight is 397 g/mol. The van der Waals surface area contributed by atoms with Gasteiger partial charge >= 0.3 is 0 Å². The van der Waals surface area contributed by atoms with Gasteiger partial charge in [-0.1, -0.05) is 6.07 Å². The summed E-state index contributed by atoms with van der Waals surface area (Å²) in [6.45, 7) is 1.67. The third kappa shape index (κ3) is 4.69. The topological polar surface area (TPSA) is 66.5 Å². The first-order valence-corrected chi connectivity index (χ1v) is 10.9. The van der Waals surface area contributed by atoms with Crippen LogP contribution in [0.15, 0.2) is 46.0 Å². The van der Waals surface area contributed by atoms with Gasteiger partial charge in [-0.2, -0.15) is 0 Å². The van der Waals surface area contributed by atoms with Crippen molar-refractivity contribution in [1.29, 1.82) is 0 Å². The van der Waals surface area contributed by atoms with E-state index in [0.29, 0.717) is 35.3 Å². The van der Waals surface area contributed by atoms with E-state index in [2.05, 4.69) is 4.72 Å². The molecule has 8 heteroatoms. The standard InChI is InChI=1S/C18H21FN2O3S2/c19-16-5-3-15(4-6-16)18(22)21-11-8-14(9-12-21)7-10-20-26(23,24)17-2-1-13-25-17/h1-6,13-14,20H,7-12H2. The molecule has 1 saturated heterocycles. The van der Waals surface area contributed by atoms with Gasteiger partial charge in [0.2, 0.25) is 10.0 Å². The first-order valence-electron chi connectivity index (χ1n) is 8.54. The number of nitrogens with zero attached hydrogens (tertiary/aromatic N) is 1. The number of rotatable bonds is 6. The highest BCUT2D eigenvalue weighted by molar-refractivity contribution is 7.91. The van der Waals surface area contributed by atoms with Crippen molar-refractivity contribution in [2.45, 2.75) is 23.5 Å². The number of halogens is 1. The lowest BCUT2D eigenvalue weighted by Gasteiger charge is -2.32. The first kappa shape index (κ1) is 19.0. The van der Waals surface area contributed by atoms with Crippen molar-refractivity contribution in [1.82, 2.24) is 9.62 Å². The number of thiophene rings is 1. The van der Waals surface area contributed by atoms with Crippen LogP contribution in [0.4, 0.5) is 4.39 Å². The molecule has 1 N–H and O–H groups in total. The normalized spacial score (nSPS) is 16.0. The van der Waals surface area contributed by atoms with Crippen molar-refractivity contribution < 1.29 is 17.6 Å². The molecule has 0 saturated carbocycles. The highest BCUT2D eigenvalue weighted by Gasteiger charge is 2.24. The molecule has 0 unspecified atom stereocenters. The number of benzene rings is 1. The number of nitrogens with one attached hydrogen (secondary N) is 1. The molecule has 26 heavy (non-hydrogen) atoms. The maximum Gasteiger partial charge on any atom is 0.253 e. The molecule has 5 nitrogen and oxygen atoms in total. The van der Waals surface area contributed by atoms with Gasteiger partial charge in [0.05, 0.1) is 0 Å². The fourth-order valence-corrected chi connectivity index (χ4v) is 5.17. The molecule has 2 aromatic rings. The molecule has 0 spiro atoms. The Kier molecular flexibility index (Phi) is 6.05. The van der Waals surface area contributed by atoms with E-state index in [-0.39, 0.29) is 11.7 Å². The number of piperidine rings is 1. The van der Waals surface area contributed by atoms with Crippen LogP contribution in [0.5, 0.6) is 0 Å². The van der Waals surface area contributed by atoms with Gasteiger partial charge in [-0.15, -0.1) is 11.3 Å². The molecule has 1 aromatic heterocycles. The van der Waals surface area contributed by atoms with Crippen molar-refractivity contribution in [3.8, 4) is 0 Å². The highest BCUT2D eigenvalue weighted by atomic mass is 32.2. The lowest BCUT2D eigenvalue weighted by molar-refractivity contribution is 0.0687. The van der Waals surface area contributed by atoms with Crippen LogP contribution < -0.4 is 4.72 Å². The van der Waals surface area contributed by atoms with E-state index in [0.717, 1.165) is 19.3 Å². The van der Waals surface area contributed by atoms with Crippen LogP contribution in [0, 0.1) is 11.7 Å². The van der Waals surface area contributed by atoms with Gasteiger partial charge in [-0.3, -0.25) is 4.79 Å². The Morgan fingerprint density at radius 2 is 1.88 bits per heavy atom. The fraction of sp³-hybridized carbons (Fsp3) is 0.389. The van der Waals surface area contributed by atoms with Crippen molar-refractivity contribution in [3.05, 3.63) is 53.2 Å². The second-order valence-corrected chi connectivity index (χ2v) is 9.30. The third-order valence-corrected chi connectivity index (χ3v) is 7.46. The van der Waals surface area contributed by atoms with E-state index in [1.807, 2.05) is 0 Å². The van der Waals surface area contributed by atoms with Crippen LogP contribution >= 0.6 is 11.3 Å². The first-order chi connectivity index (χ1) is 12.5. The molecule has 0 aliphatic carbocycles. The van der Waals surface area contributed by atoms with Gasteiger partial charge in [0.1, 0.15) is 10.0 Å². The monoisotopic (exact) mass is 396 g/mol. The van der Waals surface area contributed by atoms with Gasteiger partial charge in [-0.05, 0) is 60.9 Å². The Morgan fingerprint density at radius 3 is 2.50 bits per heavy atom. The number of amides is 1. The Labute approximate surface area is 156 Å². The third-order valence-electron chi connectivity index (χ3n) is 4.60. The summed E-state index contributed by atoms with van der Waals surface area (Å²) in [4.78, 5) is 14.2. The van der Waals surface area contributed by atoms with Crippen molar-refractivity contribution in [3.63, 3.8) is 0 Å². The zero-order valence-electron chi connectivity index (χ0n) is 14.2. The van der Waals surface area contributed by atoms with Crippen molar-refractivity contribution >= 4 is 27.3 Å². The van der Waals surface area contributed by atoms with Crippen LogP contribution in [0.1, 0.15) is 29.6 Å². The molecule has 3 rings (SSSR count). The molecule has 1 fully saturated rings. The number of hydrogen-bond donors (Lipinski definition) is 1. The van der Waals surface area contributed by atoms with Crippen LogP contribution in [-0.4, -0.2) is 38.9 Å². The smallest absolute Gasteiger partial charge is 0.253 e. The molecule has 0 atom stereocenters. The second kappa shape index (κ2) is 8.28. The molecular formula is C18H21FN2O3S2.